The third kappa shape index (κ3) is 4.05. The van der Waals surface area contributed by atoms with E-state index in [1.165, 1.54) is 6.34 Å². The van der Waals surface area contributed by atoms with Gasteiger partial charge in [0.25, 0.3) is 5.91 Å². The van der Waals surface area contributed by atoms with Gasteiger partial charge in [0, 0.05) is 6.54 Å². The molecule has 0 aromatic heterocycles. The number of ether oxygens (including phenoxy) is 1. The van der Waals surface area contributed by atoms with Gasteiger partial charge in [-0.1, -0.05) is 6.58 Å². The average molecular weight is 315 g/mol. The highest BCUT2D eigenvalue weighted by atomic mass is 31.2. The van der Waals surface area contributed by atoms with Crippen LogP contribution in [0, 0.1) is 0 Å². The van der Waals surface area contributed by atoms with Crippen molar-refractivity contribution in [2.45, 2.75) is 6.04 Å². The first-order valence-corrected chi connectivity index (χ1v) is 7.61. The van der Waals surface area contributed by atoms with Crippen LogP contribution in [0.2, 0.25) is 0 Å². The number of rotatable bonds is 6. The van der Waals surface area contributed by atoms with Crippen molar-refractivity contribution in [3.05, 3.63) is 12.2 Å². The summed E-state index contributed by atoms with van der Waals surface area (Å²) in [7, 11) is -4.20. The van der Waals surface area contributed by atoms with Crippen LogP contribution >= 0.6 is 7.60 Å². The van der Waals surface area contributed by atoms with Gasteiger partial charge in [-0.25, -0.2) is 0 Å². The third-order valence-corrected chi connectivity index (χ3v) is 3.06. The number of carbonyl (C=O) groups excluding carboxylic acids is 1. The largest absolute Gasteiger partial charge is 0.368 e. The molecule has 10 nitrogen and oxygen atoms in total. The standard InChI is InChI=1S/C10H14N5O5P/c1-6(3-20-5-21(17,18)19)2-15-4-12-7-8(15)13-10(11)14-9(7)16/h4,7H,1-3,5H2,(H2,11,14,16)(H2,17,18,19). The van der Waals surface area contributed by atoms with Gasteiger partial charge in [0.15, 0.2) is 6.04 Å². The summed E-state index contributed by atoms with van der Waals surface area (Å²) >= 11 is 0. The summed E-state index contributed by atoms with van der Waals surface area (Å²) in [5.41, 5.74) is 5.96. The van der Waals surface area contributed by atoms with Crippen molar-refractivity contribution in [1.82, 2.24) is 4.90 Å². The number of amides is 1. The number of guanidine groups is 1. The van der Waals surface area contributed by atoms with Gasteiger partial charge in [-0.05, 0) is 5.57 Å². The van der Waals surface area contributed by atoms with E-state index in [-0.39, 0.29) is 19.1 Å². The first kappa shape index (κ1) is 15.5. The first-order chi connectivity index (χ1) is 9.76. The summed E-state index contributed by atoms with van der Waals surface area (Å²) in [4.78, 5) is 41.9. The average Bonchev–Trinajstić information content (AvgIpc) is 2.71. The van der Waals surface area contributed by atoms with Gasteiger partial charge in [-0.3, -0.25) is 14.4 Å². The molecule has 1 amide bonds. The third-order valence-electron chi connectivity index (χ3n) is 2.54. The summed E-state index contributed by atoms with van der Waals surface area (Å²) in [5.74, 6) is -0.270. The molecule has 2 aliphatic heterocycles. The van der Waals surface area contributed by atoms with Gasteiger partial charge in [0.05, 0.1) is 12.9 Å². The van der Waals surface area contributed by atoms with Gasteiger partial charge >= 0.3 is 7.60 Å². The van der Waals surface area contributed by atoms with Crippen molar-refractivity contribution < 1.29 is 23.9 Å². The molecule has 0 radical (unpaired) electrons. The zero-order chi connectivity index (χ0) is 15.6. The molecule has 1 atom stereocenters. The highest BCUT2D eigenvalue weighted by molar-refractivity contribution is 7.51. The molecule has 1 unspecified atom stereocenters. The fourth-order valence-electron chi connectivity index (χ4n) is 1.76. The Bertz CT molecular complexity index is 607. The minimum Gasteiger partial charge on any atom is -0.368 e. The lowest BCUT2D eigenvalue weighted by Crippen LogP contribution is -2.40. The smallest absolute Gasteiger partial charge is 0.350 e. The summed E-state index contributed by atoms with van der Waals surface area (Å²) in [6.45, 7) is 3.93. The highest BCUT2D eigenvalue weighted by Gasteiger charge is 2.35. The van der Waals surface area contributed by atoms with E-state index in [0.29, 0.717) is 11.4 Å². The Balaban J connectivity index is 1.91. The Kier molecular flexibility index (Phi) is 4.33. The second kappa shape index (κ2) is 5.86. The maximum Gasteiger partial charge on any atom is 0.350 e. The van der Waals surface area contributed by atoms with Crippen LogP contribution in [0.25, 0.3) is 0 Å². The van der Waals surface area contributed by atoms with Crippen LogP contribution in [0.1, 0.15) is 0 Å². The Hall–Kier alpha value is -1.87. The molecule has 21 heavy (non-hydrogen) atoms. The molecule has 0 aromatic rings. The molecule has 0 bridgehead atoms. The van der Waals surface area contributed by atoms with Crippen LogP contribution in [0.4, 0.5) is 0 Å². The van der Waals surface area contributed by atoms with Crippen molar-refractivity contribution in [3.63, 3.8) is 0 Å². The minimum absolute atomic E-state index is 0.0368. The van der Waals surface area contributed by atoms with Crippen LogP contribution in [0.3, 0.4) is 0 Å². The molecule has 0 saturated heterocycles. The van der Waals surface area contributed by atoms with Crippen molar-refractivity contribution in [2.75, 3.05) is 19.5 Å². The van der Waals surface area contributed by atoms with Gasteiger partial charge in [-0.15, -0.1) is 0 Å². The Morgan fingerprint density at radius 2 is 2.24 bits per heavy atom. The predicted molar refractivity (Wildman–Crippen MR) is 75.1 cm³/mol. The molecule has 0 saturated carbocycles. The van der Waals surface area contributed by atoms with Crippen LogP contribution in [0.5, 0.6) is 0 Å². The first-order valence-electron chi connectivity index (χ1n) is 5.82. The molecule has 2 aliphatic rings. The van der Waals surface area contributed by atoms with E-state index in [1.54, 1.807) is 4.90 Å². The number of carbonyl (C=O) groups is 1. The van der Waals surface area contributed by atoms with Crippen LogP contribution < -0.4 is 5.73 Å². The molecule has 11 heteroatoms. The maximum absolute atomic E-state index is 11.6. The second-order valence-corrected chi connectivity index (χ2v) is 6.05. The quantitative estimate of drug-likeness (QED) is 0.405. The van der Waals surface area contributed by atoms with Crippen LogP contribution in [0.15, 0.2) is 27.1 Å². The monoisotopic (exact) mass is 315 g/mol. The van der Waals surface area contributed by atoms with Crippen molar-refractivity contribution in [1.29, 1.82) is 0 Å². The number of aliphatic imine (C=N–C) groups is 3. The van der Waals surface area contributed by atoms with E-state index >= 15 is 0 Å². The van der Waals surface area contributed by atoms with Crippen molar-refractivity contribution in [2.24, 2.45) is 20.7 Å². The number of fused-ring (bicyclic) bond motifs is 1. The molecule has 4 N–H and O–H groups in total. The molecule has 2 heterocycles. The normalized spacial score (nSPS) is 21.1. The summed E-state index contributed by atoms with van der Waals surface area (Å²) in [5, 5.41) is 0. The van der Waals surface area contributed by atoms with Gasteiger partial charge in [-0.2, -0.15) is 9.98 Å². The van der Waals surface area contributed by atoms with Crippen molar-refractivity contribution >= 4 is 31.6 Å². The summed E-state index contributed by atoms with van der Waals surface area (Å²) in [6, 6.07) is -0.791. The van der Waals surface area contributed by atoms with Crippen molar-refractivity contribution in [3.8, 4) is 0 Å². The lowest BCUT2D eigenvalue weighted by molar-refractivity contribution is -0.117. The zero-order valence-corrected chi connectivity index (χ0v) is 11.8. The zero-order valence-electron chi connectivity index (χ0n) is 10.9. The number of nitrogens with zero attached hydrogens (tertiary/aromatic N) is 4. The lowest BCUT2D eigenvalue weighted by Gasteiger charge is -2.20. The molecular weight excluding hydrogens is 301 g/mol. The summed E-state index contributed by atoms with van der Waals surface area (Å²) in [6.07, 6.45) is 0.742. The van der Waals surface area contributed by atoms with E-state index in [9.17, 15) is 9.36 Å². The lowest BCUT2D eigenvalue weighted by atomic mass is 10.2. The number of hydrogen-bond acceptors (Lipinski definition) is 7. The molecule has 0 spiro atoms. The molecule has 0 fully saturated rings. The van der Waals surface area contributed by atoms with E-state index in [2.05, 4.69) is 21.6 Å². The van der Waals surface area contributed by atoms with E-state index in [1.807, 2.05) is 0 Å². The van der Waals surface area contributed by atoms with Gasteiger partial charge < -0.3 is 25.2 Å². The predicted octanol–water partition coefficient (Wildman–Crippen LogP) is -1.34. The number of nitrogens with two attached hydrogens (primary N) is 1. The van der Waals surface area contributed by atoms with E-state index in [4.69, 9.17) is 20.3 Å². The highest BCUT2D eigenvalue weighted by Crippen LogP contribution is 2.33. The van der Waals surface area contributed by atoms with E-state index < -0.39 is 25.9 Å². The van der Waals surface area contributed by atoms with Crippen LogP contribution in [-0.2, 0) is 14.1 Å². The minimum atomic E-state index is -4.20. The molecule has 0 aromatic carbocycles. The van der Waals surface area contributed by atoms with Gasteiger partial charge in [0.2, 0.25) is 5.96 Å². The SMILES string of the molecule is C=C(COCP(=O)(O)O)CN1C=NC2C(=O)N=C(N)N=C21. The molecule has 0 aliphatic carbocycles. The topological polar surface area (TPSA) is 150 Å². The summed E-state index contributed by atoms with van der Waals surface area (Å²) < 4.78 is 15.5. The maximum atomic E-state index is 11.6. The Morgan fingerprint density at radius 3 is 2.90 bits per heavy atom. The molecule has 114 valence electrons. The number of amidine groups is 1. The van der Waals surface area contributed by atoms with Gasteiger partial charge in [0.1, 0.15) is 12.2 Å². The number of hydrogen-bond donors (Lipinski definition) is 3. The van der Waals surface area contributed by atoms with E-state index in [0.717, 1.165) is 0 Å². The Labute approximate surface area is 119 Å². The van der Waals surface area contributed by atoms with Crippen LogP contribution in [-0.4, -0.2) is 64.3 Å². The fourth-order valence-corrected chi connectivity index (χ4v) is 2.09. The second-order valence-electron chi connectivity index (χ2n) is 4.47. The Morgan fingerprint density at radius 1 is 1.52 bits per heavy atom. The molecule has 2 rings (SSSR count). The molecular formula is C10H14N5O5P. The fraction of sp³-hybridized carbons (Fsp3) is 0.400.